The number of nitrogens with two attached hydrogens (primary N) is 1. The van der Waals surface area contributed by atoms with Crippen molar-refractivity contribution in [1.82, 2.24) is 31.5 Å². The number of unbranched alkanes of at least 4 members (excludes halogenated alkanes) is 2. The predicted octanol–water partition coefficient (Wildman–Crippen LogP) is 6.42. The lowest BCUT2D eigenvalue weighted by molar-refractivity contribution is -0.159. The van der Waals surface area contributed by atoms with Gasteiger partial charge in [0.15, 0.2) is 5.72 Å². The number of hydrogen-bond acceptors (Lipinski definition) is 17. The van der Waals surface area contributed by atoms with Crippen molar-refractivity contribution in [2.75, 3.05) is 93.5 Å². The molecule has 3 aliphatic rings. The van der Waals surface area contributed by atoms with Gasteiger partial charge in [-0.3, -0.25) is 29.3 Å². The number of anilines is 3. The van der Waals surface area contributed by atoms with Crippen LogP contribution in [0.5, 0.6) is 5.75 Å². The fourth-order valence-corrected chi connectivity index (χ4v) is 12.9. The number of allylic oxidation sites excluding steroid dienone is 3. The third kappa shape index (κ3) is 21.6. The third-order valence-corrected chi connectivity index (χ3v) is 19.4. The Hall–Kier alpha value is -6.36. The number of hydrogen-bond donors (Lipinski definition) is 8. The first kappa shape index (κ1) is 76.4. The summed E-state index contributed by atoms with van der Waals surface area (Å²) in [7, 11) is 5.89. The number of ether oxygens (including phenoxy) is 5. The van der Waals surface area contributed by atoms with E-state index in [-0.39, 0.29) is 73.2 Å². The average Bonchev–Trinajstić information content (AvgIpc) is 1.11. The number of aldehydes is 1. The Morgan fingerprint density at radius 2 is 1.68 bits per heavy atom. The molecule has 0 unspecified atom stereocenters. The van der Waals surface area contributed by atoms with Crippen molar-refractivity contribution in [3.8, 4) is 5.75 Å². The van der Waals surface area contributed by atoms with E-state index in [0.717, 1.165) is 17.4 Å². The summed E-state index contributed by atoms with van der Waals surface area (Å²) >= 11 is 13.6. The Morgan fingerprint density at radius 3 is 2.33 bits per heavy atom. The van der Waals surface area contributed by atoms with Crippen molar-refractivity contribution in [3.63, 3.8) is 0 Å². The molecule has 9 N–H and O–H groups in total. The first-order valence-electron chi connectivity index (χ1n) is 31.1. The quantitative estimate of drug-likeness (QED) is 0.0207. The van der Waals surface area contributed by atoms with Gasteiger partial charge in [0.25, 0.3) is 5.91 Å². The minimum absolute atomic E-state index is 0.0479. The third-order valence-electron chi connectivity index (χ3n) is 17.0. The average molecular weight is 1440 g/mol. The van der Waals surface area contributed by atoms with Gasteiger partial charge in [0.2, 0.25) is 23.6 Å². The number of primary amides is 1. The molecule has 8 amide bonds. The van der Waals surface area contributed by atoms with Crippen LogP contribution in [0.25, 0.3) is 0 Å². The lowest BCUT2D eigenvalue weighted by atomic mass is 9.82. The van der Waals surface area contributed by atoms with E-state index in [1.165, 1.54) is 44.1 Å². The van der Waals surface area contributed by atoms with Crippen molar-refractivity contribution >= 4 is 114 Å². The van der Waals surface area contributed by atoms with Crippen LogP contribution in [0.3, 0.4) is 0 Å². The van der Waals surface area contributed by atoms with E-state index in [1.54, 1.807) is 64.2 Å². The maximum absolute atomic E-state index is 14.7. The van der Waals surface area contributed by atoms with E-state index in [9.17, 15) is 48.3 Å². The summed E-state index contributed by atoms with van der Waals surface area (Å²) in [5.74, 6) is -4.54. The molecule has 25 nitrogen and oxygen atoms in total. The van der Waals surface area contributed by atoms with Gasteiger partial charge in [0, 0.05) is 69.9 Å². The van der Waals surface area contributed by atoms with Crippen LogP contribution >= 0.6 is 43.5 Å². The summed E-state index contributed by atoms with van der Waals surface area (Å²) in [6.45, 7) is 12.7. The van der Waals surface area contributed by atoms with E-state index in [2.05, 4.69) is 63.8 Å². The molecule has 3 aliphatic heterocycles. The van der Waals surface area contributed by atoms with Gasteiger partial charge in [0.1, 0.15) is 53.5 Å². The summed E-state index contributed by atoms with van der Waals surface area (Å²) < 4.78 is 29.0. The molecule has 2 fully saturated rings. The first-order chi connectivity index (χ1) is 43.6. The summed E-state index contributed by atoms with van der Waals surface area (Å²) in [6, 6.07) is 3.98. The predicted molar refractivity (Wildman–Crippen MR) is 357 cm³/mol. The molecule has 0 aliphatic carbocycles. The minimum Gasteiger partial charge on any atom is -0.495 e. The van der Waals surface area contributed by atoms with Gasteiger partial charge in [-0.05, 0) is 113 Å². The summed E-state index contributed by atoms with van der Waals surface area (Å²) in [6.07, 6.45) is 4.80. The van der Waals surface area contributed by atoms with Gasteiger partial charge in [-0.25, -0.2) is 14.4 Å². The number of halogens is 3. The second-order valence-electron chi connectivity index (χ2n) is 24.3. The van der Waals surface area contributed by atoms with Crippen LogP contribution in [0, 0.1) is 17.8 Å². The molecule has 2 aromatic carbocycles. The van der Waals surface area contributed by atoms with Crippen LogP contribution < -0.4 is 52.2 Å². The van der Waals surface area contributed by atoms with Gasteiger partial charge in [0.05, 0.1) is 49.3 Å². The van der Waals surface area contributed by atoms with Crippen molar-refractivity contribution in [2.24, 2.45) is 23.5 Å². The Balaban J connectivity index is 1.38. The summed E-state index contributed by atoms with van der Waals surface area (Å²) in [5, 5.41) is 29.8. The lowest BCUT2D eigenvalue weighted by Gasteiger charge is -2.41. The topological polar surface area (TPSA) is 328 Å². The van der Waals surface area contributed by atoms with Crippen molar-refractivity contribution in [2.45, 2.75) is 153 Å². The SMILES string of the molecule is COc1cc2cc(c1Cl)N(C)C(=O)C[C@H](OC(=O)[C@H](C)N(C)C(=O)c1ccc(NC(=O)[C@H](CCCNC(N)=O)NC(=O)[C@@H](NC(=O)CCCCCNC(C=O)(CBr)CBr)C(C)C)c(N3CCOCC3)c1)[C@@H](C)[C@@H](C)C[C@@H]1C[C@@](O)(NC(=O)O1)[C@H](OC)/C=C/C=C(\C)C2. The number of likely N-dealkylation sites (N-methyl/N-ethyl adjacent to an activating group) is 1. The standard InChI is InChI=1S/C64H93Br2ClN10O15/c1-38(2)56(73-53(79)19-12-11-13-23-70-63(35-65,36-66)37-78)58(82)72-47(17-15-22-69-61(68)85)57(81)71-46-21-20-44(32-48(46)77-24-26-90-27-25-77)59(83)75(7)42(6)60(84)92-50-33-54(80)76(8)49-30-43(31-51(88-9)55(49)67)28-39(3)16-14-18-52(89-10)64(87)34-45(91-62(86)74-64)29-40(4)41(50)5/h14,16,18,20-21,30-32,37-38,40-42,45,47,50,52,56,70,87H,11-13,15,17,19,22-29,33-36H2,1-10H3,(H,71,81)(H,72,82)(H,73,79)(H,74,86)(H3,68,69,85)/b18-14+,39-16+/t40-,41-,42-,45+,47-,50-,52+,56-,64-/m0/s1. The number of alkyl carbamates (subject to hydrolysis) is 1. The number of benzene rings is 2. The fourth-order valence-electron chi connectivity index (χ4n) is 11.0. The number of alkyl halides is 2. The van der Waals surface area contributed by atoms with Crippen LogP contribution in [0.1, 0.15) is 115 Å². The van der Waals surface area contributed by atoms with E-state index >= 15 is 0 Å². The molecule has 0 aromatic heterocycles. The van der Waals surface area contributed by atoms with Crippen LogP contribution in [-0.4, -0.2) is 190 Å². The number of carbonyl (C=O) groups excluding carboxylic acids is 9. The highest BCUT2D eigenvalue weighted by Crippen LogP contribution is 2.38. The number of amides is 8. The Kier molecular flexibility index (Phi) is 30.2. The monoisotopic (exact) mass is 1430 g/mol. The largest absolute Gasteiger partial charge is 0.495 e. The number of nitrogens with zero attached hydrogens (tertiary/aromatic N) is 3. The maximum Gasteiger partial charge on any atom is 0.409 e. The number of nitrogens with one attached hydrogen (secondary N) is 6. The van der Waals surface area contributed by atoms with E-state index < -0.39 is 101 Å². The first-order valence-corrected chi connectivity index (χ1v) is 33.7. The summed E-state index contributed by atoms with van der Waals surface area (Å²) in [5.41, 5.74) is 5.59. The Morgan fingerprint density at radius 1 is 0.978 bits per heavy atom. The molecule has 2 saturated heterocycles. The molecule has 4 bridgehead atoms. The number of morpholine rings is 1. The van der Waals surface area contributed by atoms with E-state index in [4.69, 9.17) is 41.0 Å². The number of fused-ring (bicyclic) bond motifs is 4. The molecule has 92 heavy (non-hydrogen) atoms. The van der Waals surface area contributed by atoms with Gasteiger partial charge in [-0.1, -0.05) is 101 Å². The molecule has 2 aromatic rings. The summed E-state index contributed by atoms with van der Waals surface area (Å²) in [4.78, 5) is 126. The number of methoxy groups -OCH3 is 2. The number of aliphatic hydroxyl groups is 1. The molecule has 0 radical (unpaired) electrons. The van der Waals surface area contributed by atoms with Crippen LogP contribution in [0.4, 0.5) is 26.7 Å². The lowest BCUT2D eigenvalue weighted by Crippen LogP contribution is -2.62. The normalized spacial score (nSPS) is 22.6. The van der Waals surface area contributed by atoms with Gasteiger partial charge < -0.3 is 80.6 Å². The fraction of sp³-hybridized carbons (Fsp3) is 0.609. The smallest absolute Gasteiger partial charge is 0.409 e. The Labute approximate surface area is 561 Å². The molecule has 28 heteroatoms. The number of esters is 1. The second kappa shape index (κ2) is 36.3. The number of rotatable bonds is 27. The zero-order valence-corrected chi connectivity index (χ0v) is 58.3. The Bertz CT molecular complexity index is 2970. The van der Waals surface area contributed by atoms with Gasteiger partial charge >= 0.3 is 18.1 Å². The molecule has 9 atom stereocenters. The number of urea groups is 1. The molecular formula is C64H93Br2ClN10O15. The highest BCUT2D eigenvalue weighted by Gasteiger charge is 2.46. The van der Waals surface area contributed by atoms with Crippen LogP contribution in [-0.2, 0) is 54.1 Å². The number of carbonyl (C=O) groups is 9. The van der Waals surface area contributed by atoms with E-state index in [0.29, 0.717) is 86.3 Å². The van der Waals surface area contributed by atoms with Gasteiger partial charge in [-0.15, -0.1) is 0 Å². The van der Waals surface area contributed by atoms with Crippen molar-refractivity contribution in [1.29, 1.82) is 0 Å². The second-order valence-corrected chi connectivity index (χ2v) is 25.8. The van der Waals surface area contributed by atoms with E-state index in [1.807, 2.05) is 24.8 Å². The minimum atomic E-state index is -1.86. The zero-order chi connectivity index (χ0) is 68.0. The van der Waals surface area contributed by atoms with Crippen molar-refractivity contribution in [3.05, 3.63) is 70.3 Å². The molecule has 0 saturated carbocycles. The molecule has 510 valence electrons. The zero-order valence-electron chi connectivity index (χ0n) is 54.3. The highest BCUT2D eigenvalue weighted by molar-refractivity contribution is 9.10. The van der Waals surface area contributed by atoms with Crippen LogP contribution in [0.2, 0.25) is 5.02 Å². The molecule has 0 spiro atoms. The van der Waals surface area contributed by atoms with Crippen molar-refractivity contribution < 1.29 is 71.9 Å². The molecule has 5 rings (SSSR count). The molecular weight excluding hydrogens is 1340 g/mol. The van der Waals surface area contributed by atoms with Crippen LogP contribution in [0.15, 0.2) is 54.1 Å². The molecule has 3 heterocycles. The maximum atomic E-state index is 14.7. The highest BCUT2D eigenvalue weighted by atomic mass is 79.9. The van der Waals surface area contributed by atoms with Gasteiger partial charge in [-0.2, -0.15) is 0 Å².